The Morgan fingerprint density at radius 2 is 1.90 bits per heavy atom. The van der Waals surface area contributed by atoms with Crippen LogP contribution in [0.4, 0.5) is 4.39 Å². The van der Waals surface area contributed by atoms with Crippen molar-refractivity contribution in [3.63, 3.8) is 0 Å². The van der Waals surface area contributed by atoms with Crippen LogP contribution in [0.1, 0.15) is 30.0 Å². The Bertz CT molecular complexity index is 556. The van der Waals surface area contributed by atoms with Crippen molar-refractivity contribution in [1.82, 2.24) is 5.32 Å². The van der Waals surface area contributed by atoms with Crippen molar-refractivity contribution < 1.29 is 9.13 Å². The normalized spacial score (nSPS) is 12.1. The summed E-state index contributed by atoms with van der Waals surface area (Å²) in [5.41, 5.74) is 2.21. The molecule has 0 fully saturated rings. The largest absolute Gasteiger partial charge is 0.496 e. The van der Waals surface area contributed by atoms with E-state index in [9.17, 15) is 4.39 Å². The van der Waals surface area contributed by atoms with Crippen LogP contribution in [-0.4, -0.2) is 14.2 Å². The van der Waals surface area contributed by atoms with Crippen LogP contribution in [0.25, 0.3) is 0 Å². The van der Waals surface area contributed by atoms with Gasteiger partial charge in [0.05, 0.1) is 7.11 Å². The van der Waals surface area contributed by atoms with Crippen molar-refractivity contribution >= 4 is 0 Å². The van der Waals surface area contributed by atoms with E-state index in [0.29, 0.717) is 0 Å². The fourth-order valence-electron chi connectivity index (χ4n) is 2.59. The molecule has 0 heterocycles. The number of halogens is 1. The van der Waals surface area contributed by atoms with E-state index in [1.807, 2.05) is 13.1 Å². The molecular weight excluding hydrogens is 265 g/mol. The minimum absolute atomic E-state index is 0.0966. The molecule has 1 N–H and O–H groups in total. The number of benzene rings is 2. The quantitative estimate of drug-likeness (QED) is 0.827. The van der Waals surface area contributed by atoms with Crippen molar-refractivity contribution in [2.24, 2.45) is 0 Å². The van der Waals surface area contributed by atoms with E-state index in [-0.39, 0.29) is 11.9 Å². The molecule has 0 amide bonds. The fraction of sp³-hybridized carbons (Fsp3) is 0.333. The van der Waals surface area contributed by atoms with Crippen LogP contribution in [0.3, 0.4) is 0 Å². The zero-order chi connectivity index (χ0) is 15.1. The Labute approximate surface area is 126 Å². The molecule has 2 aromatic rings. The maximum absolute atomic E-state index is 13.5. The molecule has 1 unspecified atom stereocenters. The number of hydrogen-bond acceptors (Lipinski definition) is 2. The van der Waals surface area contributed by atoms with E-state index in [2.05, 4.69) is 29.6 Å². The highest BCUT2D eigenvalue weighted by Crippen LogP contribution is 2.29. The van der Waals surface area contributed by atoms with E-state index >= 15 is 0 Å². The number of rotatable bonds is 7. The number of ether oxygens (including phenoxy) is 1. The fourth-order valence-corrected chi connectivity index (χ4v) is 2.59. The van der Waals surface area contributed by atoms with Crippen LogP contribution in [0, 0.1) is 5.82 Å². The Balaban J connectivity index is 2.01. The zero-order valence-corrected chi connectivity index (χ0v) is 12.6. The van der Waals surface area contributed by atoms with Crippen LogP contribution >= 0.6 is 0 Å². The number of aryl methyl sites for hydroxylation is 1. The average Bonchev–Trinajstić information content (AvgIpc) is 2.52. The molecule has 0 radical (unpaired) electrons. The van der Waals surface area contributed by atoms with Gasteiger partial charge in [-0.1, -0.05) is 30.3 Å². The zero-order valence-electron chi connectivity index (χ0n) is 12.6. The lowest BCUT2D eigenvalue weighted by Crippen LogP contribution is -2.17. The van der Waals surface area contributed by atoms with Gasteiger partial charge in [0.1, 0.15) is 11.6 Å². The molecule has 0 saturated carbocycles. The van der Waals surface area contributed by atoms with Gasteiger partial charge < -0.3 is 10.1 Å². The van der Waals surface area contributed by atoms with E-state index in [4.69, 9.17) is 4.74 Å². The molecule has 2 rings (SSSR count). The summed E-state index contributed by atoms with van der Waals surface area (Å²) in [7, 11) is 3.52. The second-order valence-electron chi connectivity index (χ2n) is 5.11. The topological polar surface area (TPSA) is 21.3 Å². The SMILES string of the molecule is CNC(CCCc1ccccc1)c1cc(F)ccc1OC. The van der Waals surface area contributed by atoms with Gasteiger partial charge in [-0.15, -0.1) is 0 Å². The first-order valence-electron chi connectivity index (χ1n) is 7.29. The second kappa shape index (κ2) is 7.79. The van der Waals surface area contributed by atoms with Gasteiger partial charge in [-0.05, 0) is 50.1 Å². The first-order chi connectivity index (χ1) is 10.2. The molecule has 0 aliphatic heterocycles. The lowest BCUT2D eigenvalue weighted by atomic mass is 9.98. The molecule has 2 aromatic carbocycles. The van der Waals surface area contributed by atoms with Gasteiger partial charge in [0.2, 0.25) is 0 Å². The minimum Gasteiger partial charge on any atom is -0.496 e. The summed E-state index contributed by atoms with van der Waals surface area (Å²) in [5.74, 6) is 0.504. The third kappa shape index (κ3) is 4.30. The van der Waals surface area contributed by atoms with Crippen molar-refractivity contribution in [3.05, 3.63) is 65.5 Å². The molecule has 0 saturated heterocycles. The van der Waals surface area contributed by atoms with E-state index in [1.165, 1.54) is 11.6 Å². The van der Waals surface area contributed by atoms with Crippen LogP contribution < -0.4 is 10.1 Å². The summed E-state index contributed by atoms with van der Waals surface area (Å²) in [6.07, 6.45) is 3.00. The first-order valence-corrected chi connectivity index (χ1v) is 7.29. The summed E-state index contributed by atoms with van der Waals surface area (Å²) in [5, 5.41) is 3.26. The second-order valence-corrected chi connectivity index (χ2v) is 5.11. The molecule has 0 spiro atoms. The van der Waals surface area contributed by atoms with Crippen molar-refractivity contribution in [2.75, 3.05) is 14.2 Å². The monoisotopic (exact) mass is 287 g/mol. The summed E-state index contributed by atoms with van der Waals surface area (Å²) < 4.78 is 18.8. The van der Waals surface area contributed by atoms with Crippen LogP contribution in [0.2, 0.25) is 0 Å². The molecule has 0 aliphatic rings. The molecule has 0 aromatic heterocycles. The van der Waals surface area contributed by atoms with Gasteiger partial charge in [-0.25, -0.2) is 4.39 Å². The number of nitrogens with one attached hydrogen (secondary N) is 1. The molecule has 3 heteroatoms. The Hall–Kier alpha value is -1.87. The first kappa shape index (κ1) is 15.5. The smallest absolute Gasteiger partial charge is 0.123 e. The summed E-state index contributed by atoms with van der Waals surface area (Å²) in [6, 6.07) is 15.2. The van der Waals surface area contributed by atoms with Crippen molar-refractivity contribution in [1.29, 1.82) is 0 Å². The highest BCUT2D eigenvalue weighted by atomic mass is 19.1. The molecule has 0 bridgehead atoms. The maximum atomic E-state index is 13.5. The summed E-state index contributed by atoms with van der Waals surface area (Å²) in [6.45, 7) is 0. The molecular formula is C18H22FNO. The van der Waals surface area contributed by atoms with Gasteiger partial charge in [-0.3, -0.25) is 0 Å². The lowest BCUT2D eigenvalue weighted by Gasteiger charge is -2.19. The molecule has 2 nitrogen and oxygen atoms in total. The van der Waals surface area contributed by atoms with Crippen molar-refractivity contribution in [2.45, 2.75) is 25.3 Å². The van der Waals surface area contributed by atoms with Crippen LogP contribution in [-0.2, 0) is 6.42 Å². The summed E-state index contributed by atoms with van der Waals surface area (Å²) in [4.78, 5) is 0. The van der Waals surface area contributed by atoms with Gasteiger partial charge in [0.15, 0.2) is 0 Å². The van der Waals surface area contributed by atoms with Gasteiger partial charge in [0, 0.05) is 11.6 Å². The average molecular weight is 287 g/mol. The predicted octanol–water partition coefficient (Wildman–Crippen LogP) is 4.12. The highest BCUT2D eigenvalue weighted by Gasteiger charge is 2.15. The minimum atomic E-state index is -0.228. The third-order valence-electron chi connectivity index (χ3n) is 3.72. The van der Waals surface area contributed by atoms with E-state index in [1.54, 1.807) is 19.2 Å². The Morgan fingerprint density at radius 1 is 1.14 bits per heavy atom. The molecule has 1 atom stereocenters. The van der Waals surface area contributed by atoms with E-state index in [0.717, 1.165) is 30.6 Å². The predicted molar refractivity (Wildman–Crippen MR) is 84.1 cm³/mol. The van der Waals surface area contributed by atoms with Gasteiger partial charge >= 0.3 is 0 Å². The Kier molecular flexibility index (Phi) is 5.76. The number of methoxy groups -OCH3 is 1. The van der Waals surface area contributed by atoms with Gasteiger partial charge in [-0.2, -0.15) is 0 Å². The number of hydrogen-bond donors (Lipinski definition) is 1. The molecule has 0 aliphatic carbocycles. The van der Waals surface area contributed by atoms with E-state index < -0.39 is 0 Å². The lowest BCUT2D eigenvalue weighted by molar-refractivity contribution is 0.395. The molecule has 21 heavy (non-hydrogen) atoms. The van der Waals surface area contributed by atoms with Crippen molar-refractivity contribution in [3.8, 4) is 5.75 Å². The summed E-state index contributed by atoms with van der Waals surface area (Å²) >= 11 is 0. The van der Waals surface area contributed by atoms with Gasteiger partial charge in [0.25, 0.3) is 0 Å². The maximum Gasteiger partial charge on any atom is 0.123 e. The standard InChI is InChI=1S/C18H22FNO/c1-20-17(10-6-9-14-7-4-3-5-8-14)16-13-15(19)11-12-18(16)21-2/h3-5,7-8,11-13,17,20H,6,9-10H2,1-2H3. The highest BCUT2D eigenvalue weighted by molar-refractivity contribution is 5.36. The van der Waals surface area contributed by atoms with Crippen LogP contribution in [0.5, 0.6) is 5.75 Å². The Morgan fingerprint density at radius 3 is 2.57 bits per heavy atom. The van der Waals surface area contributed by atoms with Crippen LogP contribution in [0.15, 0.2) is 48.5 Å². The third-order valence-corrected chi connectivity index (χ3v) is 3.72. The molecule has 112 valence electrons.